The molecule has 124 valence electrons. The lowest BCUT2D eigenvalue weighted by Gasteiger charge is -2.39. The minimum Gasteiger partial charge on any atom is -0.469 e. The van der Waals surface area contributed by atoms with Gasteiger partial charge in [0.25, 0.3) is 0 Å². The van der Waals surface area contributed by atoms with Crippen LogP contribution in [0.15, 0.2) is 0 Å². The standard InChI is InChI=1S/C14H23NO6Si/c1-21-13(17)10-7-14(18,5-6-22(2,3)4)8-12(16)11(10)9-15(19)20/h10-12,16,18H,7-9H2,1-4H3/t10-,11?,12?,14?/m1/s1. The molecule has 0 aromatic heterocycles. The molecule has 3 unspecified atom stereocenters. The van der Waals surface area contributed by atoms with Crippen molar-refractivity contribution in [3.8, 4) is 11.5 Å². The second kappa shape index (κ2) is 6.77. The van der Waals surface area contributed by atoms with Crippen LogP contribution in [0.1, 0.15) is 12.8 Å². The van der Waals surface area contributed by atoms with Gasteiger partial charge in [0.05, 0.1) is 25.0 Å². The second-order valence-corrected chi connectivity index (χ2v) is 11.6. The summed E-state index contributed by atoms with van der Waals surface area (Å²) in [6, 6.07) is 0. The van der Waals surface area contributed by atoms with Gasteiger partial charge in [-0.2, -0.15) is 0 Å². The van der Waals surface area contributed by atoms with Gasteiger partial charge in [-0.3, -0.25) is 14.9 Å². The Kier molecular flexibility index (Phi) is 5.73. The van der Waals surface area contributed by atoms with Gasteiger partial charge in [-0.25, -0.2) is 0 Å². The molecule has 0 saturated heterocycles. The van der Waals surface area contributed by atoms with E-state index in [9.17, 15) is 25.1 Å². The van der Waals surface area contributed by atoms with Crippen molar-refractivity contribution in [2.75, 3.05) is 13.7 Å². The molecule has 0 heterocycles. The topological polar surface area (TPSA) is 110 Å². The summed E-state index contributed by atoms with van der Waals surface area (Å²) < 4.78 is 4.67. The Balaban J connectivity index is 3.08. The van der Waals surface area contributed by atoms with Gasteiger partial charge in [0.2, 0.25) is 6.54 Å². The van der Waals surface area contributed by atoms with E-state index >= 15 is 0 Å². The van der Waals surface area contributed by atoms with Crippen molar-refractivity contribution >= 4 is 14.0 Å². The fourth-order valence-electron chi connectivity index (χ4n) is 2.60. The van der Waals surface area contributed by atoms with Gasteiger partial charge in [0.15, 0.2) is 0 Å². The Bertz CT molecular complexity index is 506. The molecule has 1 rings (SSSR count). The smallest absolute Gasteiger partial charge is 0.309 e. The van der Waals surface area contributed by atoms with Crippen molar-refractivity contribution in [1.29, 1.82) is 0 Å². The van der Waals surface area contributed by atoms with Crippen molar-refractivity contribution in [3.63, 3.8) is 0 Å². The van der Waals surface area contributed by atoms with Crippen LogP contribution in [0, 0.1) is 33.4 Å². The van der Waals surface area contributed by atoms with Gasteiger partial charge in [0, 0.05) is 17.8 Å². The maximum absolute atomic E-state index is 11.9. The Labute approximate surface area is 130 Å². The number of carbonyl (C=O) groups excluding carboxylic acids is 1. The first-order valence-electron chi connectivity index (χ1n) is 7.12. The maximum atomic E-state index is 11.9. The average Bonchev–Trinajstić information content (AvgIpc) is 2.38. The number of nitrogens with zero attached hydrogens (tertiary/aromatic N) is 1. The molecule has 1 aliphatic carbocycles. The number of rotatable bonds is 3. The third-order valence-electron chi connectivity index (χ3n) is 3.65. The van der Waals surface area contributed by atoms with E-state index in [-0.39, 0.29) is 12.8 Å². The summed E-state index contributed by atoms with van der Waals surface area (Å²) in [7, 11) is -0.558. The van der Waals surface area contributed by atoms with Gasteiger partial charge in [-0.15, -0.1) is 5.54 Å². The van der Waals surface area contributed by atoms with Crippen LogP contribution < -0.4 is 0 Å². The highest BCUT2D eigenvalue weighted by atomic mass is 28.3. The van der Waals surface area contributed by atoms with E-state index < -0.39 is 49.1 Å². The lowest BCUT2D eigenvalue weighted by Crippen LogP contribution is -2.51. The Hall–Kier alpha value is -1.43. The zero-order valence-electron chi connectivity index (χ0n) is 13.3. The Morgan fingerprint density at radius 1 is 1.45 bits per heavy atom. The average molecular weight is 329 g/mol. The highest BCUT2D eigenvalue weighted by Gasteiger charge is 2.49. The molecule has 0 amide bonds. The van der Waals surface area contributed by atoms with Gasteiger partial charge in [-0.1, -0.05) is 25.6 Å². The third-order valence-corrected chi connectivity index (χ3v) is 4.52. The number of methoxy groups -OCH3 is 1. The Morgan fingerprint density at radius 3 is 2.50 bits per heavy atom. The van der Waals surface area contributed by atoms with Crippen molar-refractivity contribution < 1.29 is 24.7 Å². The first kappa shape index (κ1) is 18.6. The van der Waals surface area contributed by atoms with Crippen molar-refractivity contribution in [2.45, 2.75) is 44.2 Å². The minimum atomic E-state index is -1.74. The number of esters is 1. The van der Waals surface area contributed by atoms with Crippen molar-refractivity contribution in [2.24, 2.45) is 11.8 Å². The number of aliphatic hydroxyl groups excluding tert-OH is 1. The number of ether oxygens (including phenoxy) is 1. The second-order valence-electron chi connectivity index (χ2n) is 6.82. The number of aliphatic hydroxyl groups is 2. The molecule has 0 aromatic rings. The summed E-state index contributed by atoms with van der Waals surface area (Å²) in [4.78, 5) is 22.1. The lowest BCUT2D eigenvalue weighted by molar-refractivity contribution is -0.493. The van der Waals surface area contributed by atoms with E-state index in [1.807, 2.05) is 19.6 Å². The quantitative estimate of drug-likeness (QED) is 0.255. The molecule has 2 N–H and O–H groups in total. The first-order chi connectivity index (χ1) is 9.97. The highest BCUT2D eigenvalue weighted by molar-refractivity contribution is 6.83. The zero-order valence-corrected chi connectivity index (χ0v) is 14.3. The van der Waals surface area contributed by atoms with E-state index in [0.717, 1.165) is 0 Å². The summed E-state index contributed by atoms with van der Waals surface area (Å²) in [5, 5.41) is 31.5. The molecule has 1 fully saturated rings. The van der Waals surface area contributed by atoms with Gasteiger partial charge < -0.3 is 14.9 Å². The van der Waals surface area contributed by atoms with Crippen LogP contribution in [0.5, 0.6) is 0 Å². The number of carbonyl (C=O) groups is 1. The summed E-state index contributed by atoms with van der Waals surface area (Å²) in [5.41, 5.74) is 1.51. The number of nitro groups is 1. The van der Waals surface area contributed by atoms with Gasteiger partial charge in [-0.05, 0) is 0 Å². The van der Waals surface area contributed by atoms with E-state index in [1.165, 1.54) is 7.11 Å². The van der Waals surface area contributed by atoms with Crippen LogP contribution in [-0.4, -0.2) is 54.5 Å². The fourth-order valence-corrected chi connectivity index (χ4v) is 3.21. The summed E-state index contributed by atoms with van der Waals surface area (Å²) in [5.74, 6) is 0.290. The first-order valence-corrected chi connectivity index (χ1v) is 10.6. The van der Waals surface area contributed by atoms with Crippen LogP contribution in [-0.2, 0) is 9.53 Å². The molecule has 0 spiro atoms. The Morgan fingerprint density at radius 2 is 2.05 bits per heavy atom. The van der Waals surface area contributed by atoms with Gasteiger partial charge >= 0.3 is 5.97 Å². The van der Waals surface area contributed by atoms with Crippen LogP contribution in [0.3, 0.4) is 0 Å². The zero-order chi connectivity index (χ0) is 17.1. The van der Waals surface area contributed by atoms with E-state index in [4.69, 9.17) is 0 Å². The number of hydrogen-bond acceptors (Lipinski definition) is 6. The molecular formula is C14H23NO6Si. The predicted octanol–water partition coefficient (Wildman–Crippen LogP) is 0.435. The lowest BCUT2D eigenvalue weighted by atomic mass is 9.70. The molecule has 4 atom stereocenters. The van der Waals surface area contributed by atoms with E-state index in [0.29, 0.717) is 0 Å². The molecule has 8 heteroatoms. The van der Waals surface area contributed by atoms with Crippen LogP contribution in [0.4, 0.5) is 0 Å². The molecule has 7 nitrogen and oxygen atoms in total. The molecule has 1 saturated carbocycles. The number of hydrogen-bond donors (Lipinski definition) is 2. The van der Waals surface area contributed by atoms with Crippen LogP contribution in [0.25, 0.3) is 0 Å². The SMILES string of the molecule is COC(=O)[C@@H]1CC(O)(C#C[Si](C)(C)C)CC(O)C1C[N+](=O)[O-]. The molecule has 0 bridgehead atoms. The summed E-state index contributed by atoms with van der Waals surface area (Å²) in [6.45, 7) is 5.49. The van der Waals surface area contributed by atoms with Gasteiger partial charge in [0.1, 0.15) is 13.7 Å². The van der Waals surface area contributed by atoms with Crippen LogP contribution in [0.2, 0.25) is 19.6 Å². The maximum Gasteiger partial charge on any atom is 0.309 e. The van der Waals surface area contributed by atoms with Crippen molar-refractivity contribution in [3.05, 3.63) is 10.1 Å². The predicted molar refractivity (Wildman–Crippen MR) is 82.2 cm³/mol. The largest absolute Gasteiger partial charge is 0.469 e. The molecule has 0 aliphatic heterocycles. The summed E-state index contributed by atoms with van der Waals surface area (Å²) in [6.07, 6.45) is -1.34. The summed E-state index contributed by atoms with van der Waals surface area (Å²) >= 11 is 0. The fraction of sp³-hybridized carbons (Fsp3) is 0.786. The molecule has 0 aromatic carbocycles. The molecular weight excluding hydrogens is 306 g/mol. The van der Waals surface area contributed by atoms with Crippen LogP contribution >= 0.6 is 0 Å². The molecule has 0 radical (unpaired) electrons. The van der Waals surface area contributed by atoms with E-state index in [2.05, 4.69) is 16.2 Å². The highest BCUT2D eigenvalue weighted by Crippen LogP contribution is 2.37. The molecule has 22 heavy (non-hydrogen) atoms. The molecule has 1 aliphatic rings. The monoisotopic (exact) mass is 329 g/mol. The van der Waals surface area contributed by atoms with Crippen molar-refractivity contribution in [1.82, 2.24) is 0 Å². The van der Waals surface area contributed by atoms with E-state index in [1.54, 1.807) is 0 Å². The minimum absolute atomic E-state index is 0.0628. The normalized spacial score (nSPS) is 31.8. The third kappa shape index (κ3) is 5.09.